The van der Waals surface area contributed by atoms with Gasteiger partial charge in [-0.1, -0.05) is 23.7 Å². The van der Waals surface area contributed by atoms with E-state index in [1.165, 1.54) is 24.6 Å². The molecule has 2 rings (SSSR count). The molecule has 0 radical (unpaired) electrons. The fourth-order valence-corrected chi connectivity index (χ4v) is 3.82. The minimum atomic E-state index is -4.03. The van der Waals surface area contributed by atoms with Crippen molar-refractivity contribution in [2.24, 2.45) is 5.16 Å². The minimum Gasteiger partial charge on any atom is -0.388 e. The summed E-state index contributed by atoms with van der Waals surface area (Å²) in [6, 6.07) is 5.23. The zero-order valence-corrected chi connectivity index (χ0v) is 15.2. The number of rotatable bonds is 7. The van der Waals surface area contributed by atoms with E-state index in [-0.39, 0.29) is 11.4 Å². The Kier molecular flexibility index (Phi) is 6.12. The number of benzene rings is 1. The Morgan fingerprint density at radius 3 is 2.52 bits per heavy atom. The van der Waals surface area contributed by atoms with Crippen LogP contribution < -0.4 is 4.72 Å². The lowest BCUT2D eigenvalue weighted by atomic mass is 9.99. The van der Waals surface area contributed by atoms with Gasteiger partial charge in [-0.2, -0.15) is 0 Å². The van der Waals surface area contributed by atoms with Crippen LogP contribution in [0.25, 0.3) is 0 Å². The quantitative estimate of drug-likeness (QED) is 0.587. The summed E-state index contributed by atoms with van der Waals surface area (Å²) in [5.41, 5.74) is -0.349. The molecule has 0 aliphatic heterocycles. The SMILES string of the molecule is CC(C)(CNS(=O)(=O)c1ccccc1[N+](=O)[O-])ON=C1CCCCC1. The van der Waals surface area contributed by atoms with Crippen molar-refractivity contribution < 1.29 is 18.2 Å². The zero-order chi connectivity index (χ0) is 18.5. The van der Waals surface area contributed by atoms with E-state index in [1.54, 1.807) is 13.8 Å². The van der Waals surface area contributed by atoms with Gasteiger partial charge < -0.3 is 4.84 Å². The maximum atomic E-state index is 12.4. The molecule has 0 atom stereocenters. The Hall–Kier alpha value is -2.00. The molecule has 0 aromatic heterocycles. The third-order valence-corrected chi connectivity index (χ3v) is 5.34. The number of para-hydroxylation sites is 1. The summed E-state index contributed by atoms with van der Waals surface area (Å²) in [6.45, 7) is 3.36. The van der Waals surface area contributed by atoms with Crippen LogP contribution in [-0.4, -0.2) is 31.2 Å². The summed E-state index contributed by atoms with van der Waals surface area (Å²) in [7, 11) is -4.03. The van der Waals surface area contributed by atoms with Crippen molar-refractivity contribution in [3.05, 3.63) is 34.4 Å². The van der Waals surface area contributed by atoms with E-state index < -0.39 is 26.2 Å². The van der Waals surface area contributed by atoms with Crippen LogP contribution in [0.5, 0.6) is 0 Å². The molecule has 1 aliphatic rings. The highest BCUT2D eigenvalue weighted by Crippen LogP contribution is 2.23. The predicted octanol–water partition coefficient (Wildman–Crippen LogP) is 2.99. The van der Waals surface area contributed by atoms with E-state index >= 15 is 0 Å². The lowest BCUT2D eigenvalue weighted by Gasteiger charge is -2.24. The second-order valence-corrected chi connectivity index (χ2v) is 8.35. The standard InChI is InChI=1S/C16H23N3O5S/c1-16(2,24-18-13-8-4-3-5-9-13)12-17-25(22,23)15-11-7-6-10-14(15)19(20)21/h6-7,10-11,17H,3-5,8-9,12H2,1-2H3. The van der Waals surface area contributed by atoms with E-state index in [4.69, 9.17) is 4.84 Å². The summed E-state index contributed by atoms with van der Waals surface area (Å²) in [6.07, 6.45) is 5.17. The average Bonchev–Trinajstić information content (AvgIpc) is 2.59. The van der Waals surface area contributed by atoms with Crippen molar-refractivity contribution in [1.29, 1.82) is 0 Å². The first-order valence-electron chi connectivity index (χ1n) is 8.18. The molecule has 9 heteroatoms. The van der Waals surface area contributed by atoms with Gasteiger partial charge in [0.15, 0.2) is 4.90 Å². The zero-order valence-electron chi connectivity index (χ0n) is 14.4. The third kappa shape index (κ3) is 5.50. The Morgan fingerprint density at radius 1 is 1.24 bits per heavy atom. The van der Waals surface area contributed by atoms with Crippen LogP contribution >= 0.6 is 0 Å². The topological polar surface area (TPSA) is 111 Å². The molecule has 1 fully saturated rings. The van der Waals surface area contributed by atoms with Crippen LogP contribution in [0.1, 0.15) is 46.0 Å². The summed E-state index contributed by atoms with van der Waals surface area (Å²) < 4.78 is 27.2. The first-order chi connectivity index (χ1) is 11.7. The summed E-state index contributed by atoms with van der Waals surface area (Å²) >= 11 is 0. The van der Waals surface area contributed by atoms with Crippen molar-refractivity contribution in [3.63, 3.8) is 0 Å². The Labute approximate surface area is 147 Å². The molecule has 1 aliphatic carbocycles. The number of hydrogen-bond acceptors (Lipinski definition) is 6. The number of nitro benzene ring substituents is 1. The first kappa shape index (κ1) is 19.3. The second kappa shape index (κ2) is 7.92. The average molecular weight is 369 g/mol. The highest BCUT2D eigenvalue weighted by Gasteiger charge is 2.29. The van der Waals surface area contributed by atoms with Gasteiger partial charge in [0.1, 0.15) is 5.60 Å². The monoisotopic (exact) mass is 369 g/mol. The van der Waals surface area contributed by atoms with Crippen LogP contribution in [0, 0.1) is 10.1 Å². The smallest absolute Gasteiger partial charge is 0.289 e. The highest BCUT2D eigenvalue weighted by molar-refractivity contribution is 7.89. The molecule has 0 bridgehead atoms. The summed E-state index contributed by atoms with van der Waals surface area (Å²) in [5.74, 6) is 0. The molecular formula is C16H23N3O5S. The molecule has 1 aromatic carbocycles. The maximum Gasteiger partial charge on any atom is 0.289 e. The molecule has 0 heterocycles. The number of nitrogens with zero attached hydrogens (tertiary/aromatic N) is 2. The van der Waals surface area contributed by atoms with Gasteiger partial charge in [0.25, 0.3) is 5.69 Å². The fourth-order valence-electron chi connectivity index (χ4n) is 2.45. The Bertz CT molecular complexity index is 751. The fraction of sp³-hybridized carbons (Fsp3) is 0.562. The predicted molar refractivity (Wildman–Crippen MR) is 94.0 cm³/mol. The van der Waals surface area contributed by atoms with Gasteiger partial charge in [0.05, 0.1) is 17.2 Å². The van der Waals surface area contributed by atoms with E-state index in [9.17, 15) is 18.5 Å². The number of sulfonamides is 1. The van der Waals surface area contributed by atoms with Crippen LogP contribution in [0.3, 0.4) is 0 Å². The molecule has 1 aromatic rings. The highest BCUT2D eigenvalue weighted by atomic mass is 32.2. The number of hydrogen-bond donors (Lipinski definition) is 1. The van der Waals surface area contributed by atoms with E-state index in [1.807, 2.05) is 0 Å². The van der Waals surface area contributed by atoms with Gasteiger partial charge in [-0.15, -0.1) is 0 Å². The number of nitrogens with one attached hydrogen (secondary N) is 1. The van der Waals surface area contributed by atoms with Crippen LogP contribution in [-0.2, 0) is 14.9 Å². The van der Waals surface area contributed by atoms with Crippen molar-refractivity contribution in [3.8, 4) is 0 Å². The van der Waals surface area contributed by atoms with Gasteiger partial charge in [0.2, 0.25) is 10.0 Å². The molecule has 1 saturated carbocycles. The molecule has 0 saturated heterocycles. The Balaban J connectivity index is 2.04. The van der Waals surface area contributed by atoms with Crippen molar-refractivity contribution in [1.82, 2.24) is 4.72 Å². The largest absolute Gasteiger partial charge is 0.388 e. The first-order valence-corrected chi connectivity index (χ1v) is 9.67. The molecule has 25 heavy (non-hydrogen) atoms. The molecule has 8 nitrogen and oxygen atoms in total. The molecular weight excluding hydrogens is 346 g/mol. The molecule has 0 unspecified atom stereocenters. The van der Waals surface area contributed by atoms with Crippen molar-refractivity contribution in [2.45, 2.75) is 56.4 Å². The molecule has 138 valence electrons. The van der Waals surface area contributed by atoms with Gasteiger partial charge in [-0.05, 0) is 45.6 Å². The normalized spacial score (nSPS) is 15.7. The van der Waals surface area contributed by atoms with E-state index in [0.29, 0.717) is 0 Å². The van der Waals surface area contributed by atoms with Crippen LogP contribution in [0.15, 0.2) is 34.3 Å². The third-order valence-electron chi connectivity index (χ3n) is 3.89. The van der Waals surface area contributed by atoms with Crippen molar-refractivity contribution in [2.75, 3.05) is 6.54 Å². The second-order valence-electron chi connectivity index (χ2n) is 6.62. The van der Waals surface area contributed by atoms with Crippen LogP contribution in [0.4, 0.5) is 5.69 Å². The lowest BCUT2D eigenvalue weighted by Crippen LogP contribution is -2.39. The maximum absolute atomic E-state index is 12.4. The van der Waals surface area contributed by atoms with Gasteiger partial charge >= 0.3 is 0 Å². The summed E-state index contributed by atoms with van der Waals surface area (Å²) in [4.78, 5) is 15.4. The molecule has 0 spiro atoms. The van der Waals surface area contributed by atoms with Crippen LogP contribution in [0.2, 0.25) is 0 Å². The lowest BCUT2D eigenvalue weighted by molar-refractivity contribution is -0.387. The van der Waals surface area contributed by atoms with Gasteiger partial charge in [0, 0.05) is 6.07 Å². The van der Waals surface area contributed by atoms with E-state index in [2.05, 4.69) is 9.88 Å². The van der Waals surface area contributed by atoms with Gasteiger partial charge in [-0.3, -0.25) is 10.1 Å². The number of oxime groups is 1. The Morgan fingerprint density at radius 2 is 1.88 bits per heavy atom. The molecule has 0 amide bonds. The summed E-state index contributed by atoms with van der Waals surface area (Å²) in [5, 5.41) is 15.2. The van der Waals surface area contributed by atoms with Crippen molar-refractivity contribution >= 4 is 21.4 Å². The number of nitro groups is 1. The molecule has 1 N–H and O–H groups in total. The van der Waals surface area contributed by atoms with E-state index in [0.717, 1.165) is 37.5 Å². The minimum absolute atomic E-state index is 0.0574. The van der Waals surface area contributed by atoms with Gasteiger partial charge in [-0.25, -0.2) is 13.1 Å².